The molecule has 1 heterocycles. The van der Waals surface area contributed by atoms with Crippen molar-refractivity contribution in [3.63, 3.8) is 0 Å². The van der Waals surface area contributed by atoms with Crippen molar-refractivity contribution in [2.45, 2.75) is 0 Å². The molecule has 0 saturated carbocycles. The zero-order valence-corrected chi connectivity index (χ0v) is 6.02. The average molecular weight is 170 g/mol. The maximum atomic E-state index is 10.9. The van der Waals surface area contributed by atoms with E-state index in [0.29, 0.717) is 0 Å². The van der Waals surface area contributed by atoms with E-state index in [1.807, 2.05) is 0 Å². The van der Waals surface area contributed by atoms with Crippen molar-refractivity contribution in [3.8, 4) is 0 Å². The summed E-state index contributed by atoms with van der Waals surface area (Å²) in [6, 6.07) is 1.39. The zero-order valence-electron chi connectivity index (χ0n) is 6.02. The van der Waals surface area contributed by atoms with E-state index in [-0.39, 0.29) is 5.56 Å². The van der Waals surface area contributed by atoms with E-state index < -0.39 is 18.5 Å². The lowest BCUT2D eigenvalue weighted by Gasteiger charge is -1.96. The third-order valence-corrected chi connectivity index (χ3v) is 1.08. The van der Waals surface area contributed by atoms with Crippen LogP contribution in [-0.4, -0.2) is 23.7 Å². The number of furan rings is 1. The molecule has 1 N–H and O–H groups in total. The van der Waals surface area contributed by atoms with Crippen molar-refractivity contribution < 1.29 is 23.8 Å². The lowest BCUT2D eigenvalue weighted by Crippen LogP contribution is -2.12. The highest BCUT2D eigenvalue weighted by atomic mass is 16.5. The van der Waals surface area contributed by atoms with Crippen molar-refractivity contribution in [1.29, 1.82) is 0 Å². The molecule has 0 aliphatic rings. The zero-order chi connectivity index (χ0) is 8.97. The van der Waals surface area contributed by atoms with Crippen molar-refractivity contribution >= 4 is 11.9 Å². The highest BCUT2D eigenvalue weighted by molar-refractivity contribution is 5.90. The Balaban J connectivity index is 2.45. The number of hydrogen-bond acceptors (Lipinski definition) is 4. The van der Waals surface area contributed by atoms with Crippen molar-refractivity contribution in [1.82, 2.24) is 0 Å². The number of carboxylic acid groups (broad SMARTS) is 1. The van der Waals surface area contributed by atoms with Gasteiger partial charge in [-0.3, -0.25) is 0 Å². The Kier molecular flexibility index (Phi) is 2.47. The Morgan fingerprint density at radius 3 is 2.83 bits per heavy atom. The molecule has 0 saturated heterocycles. The normalized spacial score (nSPS) is 9.33. The van der Waals surface area contributed by atoms with Crippen LogP contribution >= 0.6 is 0 Å². The van der Waals surface area contributed by atoms with Gasteiger partial charge in [0.05, 0.1) is 11.8 Å². The van der Waals surface area contributed by atoms with Gasteiger partial charge in [0.2, 0.25) is 0 Å². The molecule has 0 aromatic carbocycles. The fraction of sp³-hybridized carbons (Fsp3) is 0.143. The number of rotatable bonds is 3. The maximum absolute atomic E-state index is 10.9. The minimum Gasteiger partial charge on any atom is -0.479 e. The van der Waals surface area contributed by atoms with Gasteiger partial charge in [-0.05, 0) is 6.07 Å². The standard InChI is InChI=1S/C7H6O5/c8-6(9)4-12-7(10)5-1-2-11-3-5/h1-3H,4H2,(H,8,9). The number of aliphatic carboxylic acids is 1. The number of carbonyl (C=O) groups is 2. The van der Waals surface area contributed by atoms with E-state index >= 15 is 0 Å². The maximum Gasteiger partial charge on any atom is 0.341 e. The monoisotopic (exact) mass is 170 g/mol. The first-order valence-electron chi connectivity index (χ1n) is 3.11. The van der Waals surface area contributed by atoms with Gasteiger partial charge >= 0.3 is 11.9 Å². The average Bonchev–Trinajstić information content (AvgIpc) is 2.51. The minimum absolute atomic E-state index is 0.205. The summed E-state index contributed by atoms with van der Waals surface area (Å²) >= 11 is 0. The summed E-state index contributed by atoms with van der Waals surface area (Å²) in [5, 5.41) is 8.16. The second-order valence-corrected chi connectivity index (χ2v) is 1.98. The van der Waals surface area contributed by atoms with E-state index in [4.69, 9.17) is 5.11 Å². The van der Waals surface area contributed by atoms with Gasteiger partial charge in [-0.25, -0.2) is 9.59 Å². The Hall–Kier alpha value is -1.78. The van der Waals surface area contributed by atoms with Crippen LogP contribution in [0.2, 0.25) is 0 Å². The molecular formula is C7H6O5. The second kappa shape index (κ2) is 3.56. The lowest BCUT2D eigenvalue weighted by atomic mass is 10.3. The predicted octanol–water partition coefficient (Wildman–Crippen LogP) is 0.521. The Labute approximate surface area is 67.6 Å². The van der Waals surface area contributed by atoms with Gasteiger partial charge < -0.3 is 14.3 Å². The smallest absolute Gasteiger partial charge is 0.341 e. The van der Waals surface area contributed by atoms with Crippen LogP contribution in [0.5, 0.6) is 0 Å². The molecule has 0 atom stereocenters. The minimum atomic E-state index is -1.19. The van der Waals surface area contributed by atoms with Gasteiger partial charge in [0.25, 0.3) is 0 Å². The van der Waals surface area contributed by atoms with E-state index in [1.54, 1.807) is 0 Å². The van der Waals surface area contributed by atoms with Gasteiger partial charge in [-0.15, -0.1) is 0 Å². The summed E-state index contributed by atoms with van der Waals surface area (Å²) in [5.41, 5.74) is 0.205. The molecule has 5 heteroatoms. The van der Waals surface area contributed by atoms with Crippen LogP contribution in [0.3, 0.4) is 0 Å². The molecule has 0 bridgehead atoms. The summed E-state index contributed by atoms with van der Waals surface area (Å²) in [5.74, 6) is -1.89. The van der Waals surface area contributed by atoms with E-state index in [1.165, 1.54) is 18.6 Å². The molecule has 0 aliphatic carbocycles. The van der Waals surface area contributed by atoms with Gasteiger partial charge in [-0.2, -0.15) is 0 Å². The van der Waals surface area contributed by atoms with Crippen molar-refractivity contribution in [2.24, 2.45) is 0 Å². The third kappa shape index (κ3) is 2.12. The highest BCUT2D eigenvalue weighted by Crippen LogP contribution is 2.01. The quantitative estimate of drug-likeness (QED) is 0.669. The lowest BCUT2D eigenvalue weighted by molar-refractivity contribution is -0.140. The van der Waals surface area contributed by atoms with Crippen LogP contribution < -0.4 is 0 Å². The Morgan fingerprint density at radius 2 is 2.33 bits per heavy atom. The third-order valence-electron chi connectivity index (χ3n) is 1.08. The number of ether oxygens (including phenoxy) is 1. The summed E-state index contributed by atoms with van der Waals surface area (Å²) in [6.07, 6.45) is 2.49. The van der Waals surface area contributed by atoms with Crippen LogP contribution in [0, 0.1) is 0 Å². The topological polar surface area (TPSA) is 76.7 Å². The SMILES string of the molecule is O=C(O)COC(=O)c1ccoc1. The molecule has 5 nitrogen and oxygen atoms in total. The predicted molar refractivity (Wildman–Crippen MR) is 36.6 cm³/mol. The van der Waals surface area contributed by atoms with Crippen LogP contribution in [0.1, 0.15) is 10.4 Å². The molecule has 1 aromatic rings. The van der Waals surface area contributed by atoms with Gasteiger partial charge in [-0.1, -0.05) is 0 Å². The van der Waals surface area contributed by atoms with Crippen LogP contribution in [0.25, 0.3) is 0 Å². The Bertz CT molecular complexity index is 274. The second-order valence-electron chi connectivity index (χ2n) is 1.98. The molecule has 1 rings (SSSR count). The number of hydrogen-bond donors (Lipinski definition) is 1. The number of carbonyl (C=O) groups excluding carboxylic acids is 1. The molecule has 0 spiro atoms. The molecule has 64 valence electrons. The van der Waals surface area contributed by atoms with E-state index in [2.05, 4.69) is 9.15 Å². The fourth-order valence-electron chi connectivity index (χ4n) is 0.591. The highest BCUT2D eigenvalue weighted by Gasteiger charge is 2.09. The molecule has 0 radical (unpaired) electrons. The van der Waals surface area contributed by atoms with Crippen molar-refractivity contribution in [2.75, 3.05) is 6.61 Å². The van der Waals surface area contributed by atoms with E-state index in [9.17, 15) is 9.59 Å². The molecule has 0 unspecified atom stereocenters. The van der Waals surface area contributed by atoms with Crippen LogP contribution in [0.15, 0.2) is 23.0 Å². The fourth-order valence-corrected chi connectivity index (χ4v) is 0.591. The van der Waals surface area contributed by atoms with E-state index in [0.717, 1.165) is 0 Å². The molecule has 12 heavy (non-hydrogen) atoms. The first-order valence-corrected chi connectivity index (χ1v) is 3.11. The Morgan fingerprint density at radius 1 is 1.58 bits per heavy atom. The van der Waals surface area contributed by atoms with Gasteiger partial charge in [0.15, 0.2) is 6.61 Å². The van der Waals surface area contributed by atoms with Crippen LogP contribution in [-0.2, 0) is 9.53 Å². The molecular weight excluding hydrogens is 164 g/mol. The largest absolute Gasteiger partial charge is 0.479 e. The first kappa shape index (κ1) is 8.32. The summed E-state index contributed by atoms with van der Waals surface area (Å²) in [7, 11) is 0. The molecule has 1 aromatic heterocycles. The molecule has 0 aliphatic heterocycles. The summed E-state index contributed by atoms with van der Waals surface area (Å²) in [6.45, 7) is -0.635. The molecule has 0 fully saturated rings. The summed E-state index contributed by atoms with van der Waals surface area (Å²) < 4.78 is 8.94. The van der Waals surface area contributed by atoms with Gasteiger partial charge in [0.1, 0.15) is 6.26 Å². The number of carboxylic acids is 1. The summed E-state index contributed by atoms with van der Waals surface area (Å²) in [4.78, 5) is 20.8. The van der Waals surface area contributed by atoms with Gasteiger partial charge in [0, 0.05) is 0 Å². The number of esters is 1. The van der Waals surface area contributed by atoms with Crippen LogP contribution in [0.4, 0.5) is 0 Å². The van der Waals surface area contributed by atoms with Crippen molar-refractivity contribution in [3.05, 3.63) is 24.2 Å². The first-order chi connectivity index (χ1) is 5.70. The molecule has 0 amide bonds.